The van der Waals surface area contributed by atoms with E-state index < -0.39 is 0 Å². The Balaban J connectivity index is 1.86. The summed E-state index contributed by atoms with van der Waals surface area (Å²) in [6.07, 6.45) is 5.74. The van der Waals surface area contributed by atoms with Crippen LogP contribution in [0.2, 0.25) is 0 Å². The quantitative estimate of drug-likeness (QED) is 0.740. The Hall–Kier alpha value is -3.28. The zero-order valence-electron chi connectivity index (χ0n) is 15.1. The van der Waals surface area contributed by atoms with E-state index in [0.29, 0.717) is 34.4 Å². The SMILES string of the molecule is C[C@@H]1CCCN1c1c(C#N)c2c(N)nc(Nc3cnn(C)c3)nc2n1C. The zero-order valence-corrected chi connectivity index (χ0v) is 15.1. The number of rotatable bonds is 3. The van der Waals surface area contributed by atoms with Gasteiger partial charge in [-0.25, -0.2) is 0 Å². The summed E-state index contributed by atoms with van der Waals surface area (Å²) in [5.74, 6) is 1.55. The van der Waals surface area contributed by atoms with E-state index in [1.54, 1.807) is 10.9 Å². The van der Waals surface area contributed by atoms with Gasteiger partial charge in [-0.05, 0) is 19.8 Å². The van der Waals surface area contributed by atoms with Crippen LogP contribution in [0, 0.1) is 11.3 Å². The number of nitrogens with two attached hydrogens (primary N) is 1. The van der Waals surface area contributed by atoms with Crippen LogP contribution in [0.3, 0.4) is 0 Å². The summed E-state index contributed by atoms with van der Waals surface area (Å²) in [6.45, 7) is 3.10. The molecule has 0 amide bonds. The molecule has 1 fully saturated rings. The largest absolute Gasteiger partial charge is 0.383 e. The fourth-order valence-corrected chi connectivity index (χ4v) is 3.69. The molecule has 0 saturated carbocycles. The molecule has 1 saturated heterocycles. The van der Waals surface area contributed by atoms with Gasteiger partial charge in [0.2, 0.25) is 5.95 Å². The molecule has 4 heterocycles. The van der Waals surface area contributed by atoms with E-state index in [-0.39, 0.29) is 0 Å². The molecular formula is C17H21N9. The molecule has 9 heteroatoms. The molecular weight excluding hydrogens is 330 g/mol. The number of nitriles is 1. The smallest absolute Gasteiger partial charge is 0.231 e. The first-order valence-corrected chi connectivity index (χ1v) is 8.58. The van der Waals surface area contributed by atoms with Gasteiger partial charge in [0.05, 0.1) is 17.3 Å². The van der Waals surface area contributed by atoms with E-state index >= 15 is 0 Å². The van der Waals surface area contributed by atoms with Crippen molar-refractivity contribution in [1.82, 2.24) is 24.3 Å². The van der Waals surface area contributed by atoms with Crippen LogP contribution in [0.1, 0.15) is 25.3 Å². The second-order valence-corrected chi connectivity index (χ2v) is 6.71. The Morgan fingerprint density at radius 2 is 2.15 bits per heavy atom. The molecule has 3 aromatic rings. The molecule has 0 aliphatic carbocycles. The minimum Gasteiger partial charge on any atom is -0.383 e. The van der Waals surface area contributed by atoms with Crippen molar-refractivity contribution < 1.29 is 0 Å². The van der Waals surface area contributed by atoms with Crippen molar-refractivity contribution in [2.24, 2.45) is 14.1 Å². The number of fused-ring (bicyclic) bond motifs is 1. The van der Waals surface area contributed by atoms with Gasteiger partial charge in [0.25, 0.3) is 0 Å². The molecule has 3 aromatic heterocycles. The molecule has 0 radical (unpaired) electrons. The van der Waals surface area contributed by atoms with E-state index in [1.165, 1.54) is 0 Å². The van der Waals surface area contributed by atoms with Gasteiger partial charge in [-0.3, -0.25) is 4.68 Å². The summed E-state index contributed by atoms with van der Waals surface area (Å²) in [7, 11) is 3.76. The fourth-order valence-electron chi connectivity index (χ4n) is 3.69. The maximum absolute atomic E-state index is 9.78. The van der Waals surface area contributed by atoms with Gasteiger partial charge in [-0.2, -0.15) is 20.3 Å². The van der Waals surface area contributed by atoms with Crippen LogP contribution < -0.4 is 16.0 Å². The highest BCUT2D eigenvalue weighted by molar-refractivity contribution is 5.98. The first-order chi connectivity index (χ1) is 12.5. The molecule has 1 aliphatic heterocycles. The lowest BCUT2D eigenvalue weighted by atomic mass is 10.2. The average molecular weight is 351 g/mol. The van der Waals surface area contributed by atoms with Crippen LogP contribution in [0.5, 0.6) is 0 Å². The minimum absolute atomic E-state index is 0.298. The summed E-state index contributed by atoms with van der Waals surface area (Å²) in [5.41, 5.74) is 8.18. The summed E-state index contributed by atoms with van der Waals surface area (Å²) in [5, 5.41) is 17.6. The lowest BCUT2D eigenvalue weighted by molar-refractivity contribution is 0.712. The molecule has 4 rings (SSSR count). The number of hydrogen-bond acceptors (Lipinski definition) is 7. The van der Waals surface area contributed by atoms with Crippen molar-refractivity contribution in [2.45, 2.75) is 25.8 Å². The van der Waals surface area contributed by atoms with Gasteiger partial charge in [0.1, 0.15) is 28.9 Å². The van der Waals surface area contributed by atoms with Crippen LogP contribution in [0.4, 0.5) is 23.3 Å². The predicted octanol–water partition coefficient (Wildman–Crippen LogP) is 1.89. The number of aromatic nitrogens is 5. The Morgan fingerprint density at radius 3 is 2.77 bits per heavy atom. The van der Waals surface area contributed by atoms with Gasteiger partial charge < -0.3 is 20.5 Å². The van der Waals surface area contributed by atoms with Gasteiger partial charge in [-0.15, -0.1) is 0 Å². The first kappa shape index (κ1) is 16.2. The molecule has 0 unspecified atom stereocenters. The van der Waals surface area contributed by atoms with Crippen LogP contribution in [-0.2, 0) is 14.1 Å². The third kappa shape index (κ3) is 2.42. The van der Waals surface area contributed by atoms with Gasteiger partial charge in [-0.1, -0.05) is 0 Å². The van der Waals surface area contributed by atoms with Crippen LogP contribution in [0.15, 0.2) is 12.4 Å². The summed E-state index contributed by atoms with van der Waals surface area (Å²) in [6, 6.07) is 2.70. The Bertz CT molecular complexity index is 1020. The van der Waals surface area contributed by atoms with Crippen LogP contribution in [-0.4, -0.2) is 36.9 Å². The van der Waals surface area contributed by atoms with E-state index in [1.807, 2.05) is 24.9 Å². The highest BCUT2D eigenvalue weighted by atomic mass is 15.3. The predicted molar refractivity (Wildman–Crippen MR) is 100 cm³/mol. The van der Waals surface area contributed by atoms with Crippen molar-refractivity contribution in [3.63, 3.8) is 0 Å². The molecule has 3 N–H and O–H groups in total. The number of nitrogens with zero attached hydrogens (tertiary/aromatic N) is 7. The van der Waals surface area contributed by atoms with Gasteiger partial charge >= 0.3 is 0 Å². The topological polar surface area (TPSA) is 114 Å². The van der Waals surface area contributed by atoms with Crippen molar-refractivity contribution in [3.05, 3.63) is 18.0 Å². The second-order valence-electron chi connectivity index (χ2n) is 6.71. The monoisotopic (exact) mass is 351 g/mol. The maximum atomic E-state index is 9.78. The average Bonchev–Trinajstić information content (AvgIpc) is 3.27. The highest BCUT2D eigenvalue weighted by Gasteiger charge is 2.29. The molecule has 0 aromatic carbocycles. The molecule has 1 atom stereocenters. The van der Waals surface area contributed by atoms with E-state index in [2.05, 4.69) is 38.3 Å². The number of nitrogen functional groups attached to an aromatic ring is 1. The van der Waals surface area contributed by atoms with Gasteiger partial charge in [0, 0.05) is 32.9 Å². The first-order valence-electron chi connectivity index (χ1n) is 8.58. The Labute approximate surface area is 151 Å². The highest BCUT2D eigenvalue weighted by Crippen LogP contribution is 2.37. The molecule has 9 nitrogen and oxygen atoms in total. The number of aryl methyl sites for hydroxylation is 2. The fraction of sp³-hybridized carbons (Fsp3) is 0.412. The Kier molecular flexibility index (Phi) is 3.68. The normalized spacial score (nSPS) is 17.0. The van der Waals surface area contributed by atoms with E-state index in [0.717, 1.165) is 30.9 Å². The van der Waals surface area contributed by atoms with Gasteiger partial charge in [0.15, 0.2) is 0 Å². The lowest BCUT2D eigenvalue weighted by Gasteiger charge is -2.24. The molecule has 0 spiro atoms. The molecule has 0 bridgehead atoms. The van der Waals surface area contributed by atoms with Crippen molar-refractivity contribution >= 4 is 34.3 Å². The summed E-state index contributed by atoms with van der Waals surface area (Å²) in [4.78, 5) is 11.2. The number of anilines is 4. The standard InChI is InChI=1S/C17H21N9/c1-10-5-4-6-26(10)16-12(7-18)13-14(19)22-17(23-15(13)25(16)3)21-11-8-20-24(2)9-11/h8-10H,4-6H2,1-3H3,(H3,19,21,22,23)/t10-/m1/s1. The number of hydrogen-bond donors (Lipinski definition) is 2. The van der Waals surface area contributed by atoms with Crippen molar-refractivity contribution in [1.29, 1.82) is 5.26 Å². The van der Waals surface area contributed by atoms with E-state index in [9.17, 15) is 5.26 Å². The Morgan fingerprint density at radius 1 is 1.35 bits per heavy atom. The zero-order chi connectivity index (χ0) is 18.4. The molecule has 26 heavy (non-hydrogen) atoms. The minimum atomic E-state index is 0.298. The maximum Gasteiger partial charge on any atom is 0.231 e. The molecule has 1 aliphatic rings. The lowest BCUT2D eigenvalue weighted by Crippen LogP contribution is -2.28. The molecule has 134 valence electrons. The second kappa shape index (κ2) is 5.91. The third-order valence-corrected chi connectivity index (χ3v) is 4.92. The summed E-state index contributed by atoms with van der Waals surface area (Å²) >= 11 is 0. The third-order valence-electron chi connectivity index (χ3n) is 4.92. The van der Waals surface area contributed by atoms with Crippen molar-refractivity contribution in [2.75, 3.05) is 22.5 Å². The van der Waals surface area contributed by atoms with E-state index in [4.69, 9.17) is 5.73 Å². The van der Waals surface area contributed by atoms with Crippen LogP contribution >= 0.6 is 0 Å². The van der Waals surface area contributed by atoms with Crippen molar-refractivity contribution in [3.8, 4) is 6.07 Å². The number of nitrogens with one attached hydrogen (secondary N) is 1. The summed E-state index contributed by atoms with van der Waals surface area (Å²) < 4.78 is 3.63. The van der Waals surface area contributed by atoms with Crippen LogP contribution in [0.25, 0.3) is 11.0 Å².